The molecule has 0 aromatic heterocycles. The summed E-state index contributed by atoms with van der Waals surface area (Å²) in [4.78, 5) is 25.1. The number of carbonyl (C=O) groups excluding carboxylic acids is 2. The third-order valence-corrected chi connectivity index (χ3v) is 7.08. The monoisotopic (exact) mass is 498 g/mol. The number of ether oxygens (including phenoxy) is 3. The van der Waals surface area contributed by atoms with E-state index < -0.39 is 28.4 Å². The summed E-state index contributed by atoms with van der Waals surface area (Å²) in [6.07, 6.45) is 0. The Morgan fingerprint density at radius 1 is 0.886 bits per heavy atom. The van der Waals surface area contributed by atoms with Crippen LogP contribution in [0.5, 0.6) is 11.5 Å². The fourth-order valence-electron chi connectivity index (χ4n) is 3.43. The number of sulfonamides is 1. The summed E-state index contributed by atoms with van der Waals surface area (Å²) in [5.74, 6) is -0.387. The molecule has 0 aliphatic heterocycles. The first kappa shape index (κ1) is 25.6. The Morgan fingerprint density at radius 3 is 2.20 bits per heavy atom. The number of esters is 1. The summed E-state index contributed by atoms with van der Waals surface area (Å²) in [6, 6.07) is 17.1. The molecule has 0 bridgehead atoms. The van der Waals surface area contributed by atoms with Gasteiger partial charge in [-0.2, -0.15) is 0 Å². The van der Waals surface area contributed by atoms with Gasteiger partial charge in [-0.15, -0.1) is 0 Å². The van der Waals surface area contributed by atoms with Gasteiger partial charge in [0.15, 0.2) is 0 Å². The van der Waals surface area contributed by atoms with Crippen molar-refractivity contribution < 1.29 is 32.2 Å². The van der Waals surface area contributed by atoms with Crippen molar-refractivity contribution in [2.75, 3.05) is 37.5 Å². The average molecular weight is 499 g/mol. The lowest BCUT2D eigenvalue weighted by Crippen LogP contribution is -2.38. The lowest BCUT2D eigenvalue weighted by Gasteiger charge is -2.26. The fraction of sp³-hybridized carbons (Fsp3) is 0.200. The summed E-state index contributed by atoms with van der Waals surface area (Å²) in [5, 5.41) is 2.70. The predicted octanol–water partition coefficient (Wildman–Crippen LogP) is 3.63. The Morgan fingerprint density at radius 2 is 1.57 bits per heavy atom. The Kier molecular flexibility index (Phi) is 7.98. The van der Waals surface area contributed by atoms with Crippen LogP contribution in [0.15, 0.2) is 71.6 Å². The SMILES string of the molecule is COC(=O)c1cccc(NC(=O)CN(c2ccccc2OC)S(=O)(=O)c2ccc(OC)cc2)c1C. The molecule has 35 heavy (non-hydrogen) atoms. The molecule has 0 atom stereocenters. The molecule has 10 heteroatoms. The molecule has 0 spiro atoms. The highest BCUT2D eigenvalue weighted by Crippen LogP contribution is 2.32. The lowest BCUT2D eigenvalue weighted by atomic mass is 10.1. The first-order valence-corrected chi connectivity index (χ1v) is 11.9. The average Bonchev–Trinajstić information content (AvgIpc) is 2.88. The minimum absolute atomic E-state index is 0.0270. The summed E-state index contributed by atoms with van der Waals surface area (Å²) < 4.78 is 43.5. The number of rotatable bonds is 9. The van der Waals surface area contributed by atoms with Crippen LogP contribution in [-0.2, 0) is 19.6 Å². The highest BCUT2D eigenvalue weighted by molar-refractivity contribution is 7.92. The molecule has 0 saturated heterocycles. The molecule has 3 rings (SSSR count). The van der Waals surface area contributed by atoms with Crippen LogP contribution >= 0.6 is 0 Å². The zero-order valence-electron chi connectivity index (χ0n) is 19.8. The maximum atomic E-state index is 13.6. The number of benzene rings is 3. The van der Waals surface area contributed by atoms with Gasteiger partial charge in [-0.3, -0.25) is 9.10 Å². The van der Waals surface area contributed by atoms with Crippen LogP contribution < -0.4 is 19.1 Å². The summed E-state index contributed by atoms with van der Waals surface area (Å²) in [6.45, 7) is 1.12. The van der Waals surface area contributed by atoms with Gasteiger partial charge in [0.05, 0.1) is 37.5 Å². The number of nitrogens with one attached hydrogen (secondary N) is 1. The summed E-state index contributed by atoms with van der Waals surface area (Å²) in [7, 11) is -0.0121. The predicted molar refractivity (Wildman–Crippen MR) is 132 cm³/mol. The normalized spacial score (nSPS) is 10.9. The van der Waals surface area contributed by atoms with Crippen molar-refractivity contribution in [3.05, 3.63) is 77.9 Å². The molecule has 0 radical (unpaired) electrons. The van der Waals surface area contributed by atoms with Gasteiger partial charge < -0.3 is 19.5 Å². The number of methoxy groups -OCH3 is 3. The second kappa shape index (κ2) is 10.9. The van der Waals surface area contributed by atoms with Gasteiger partial charge in [-0.05, 0) is 61.0 Å². The molecule has 1 amide bonds. The van der Waals surface area contributed by atoms with Crippen molar-refractivity contribution in [3.63, 3.8) is 0 Å². The number of hydrogen-bond acceptors (Lipinski definition) is 7. The van der Waals surface area contributed by atoms with Crippen LogP contribution in [0, 0.1) is 6.92 Å². The molecule has 9 nitrogen and oxygen atoms in total. The second-order valence-corrected chi connectivity index (χ2v) is 9.24. The lowest BCUT2D eigenvalue weighted by molar-refractivity contribution is -0.114. The van der Waals surface area contributed by atoms with E-state index in [9.17, 15) is 18.0 Å². The maximum Gasteiger partial charge on any atom is 0.338 e. The maximum absolute atomic E-state index is 13.6. The highest BCUT2D eigenvalue weighted by Gasteiger charge is 2.29. The topological polar surface area (TPSA) is 111 Å². The van der Waals surface area contributed by atoms with E-state index in [0.29, 0.717) is 17.0 Å². The van der Waals surface area contributed by atoms with Crippen molar-refractivity contribution in [2.45, 2.75) is 11.8 Å². The van der Waals surface area contributed by atoms with E-state index in [4.69, 9.17) is 14.2 Å². The first-order chi connectivity index (χ1) is 16.7. The standard InChI is InChI=1S/C25H26N2O7S/c1-17-20(25(29)34-4)8-7-9-21(17)26-24(28)16-27(22-10-5-6-11-23(22)33-3)35(30,31)19-14-12-18(32-2)13-15-19/h5-15H,16H2,1-4H3,(H,26,28). The third-order valence-electron chi connectivity index (χ3n) is 5.30. The molecule has 0 aliphatic rings. The zero-order chi connectivity index (χ0) is 25.6. The Bertz CT molecular complexity index is 1320. The zero-order valence-corrected chi connectivity index (χ0v) is 20.6. The van der Waals surface area contributed by atoms with Gasteiger partial charge in [-0.25, -0.2) is 13.2 Å². The van der Waals surface area contributed by atoms with Crippen LogP contribution in [0.4, 0.5) is 11.4 Å². The van der Waals surface area contributed by atoms with Crippen LogP contribution in [0.3, 0.4) is 0 Å². The molecule has 184 valence electrons. The van der Waals surface area contributed by atoms with Crippen LogP contribution in [0.1, 0.15) is 15.9 Å². The van der Waals surface area contributed by atoms with E-state index in [1.54, 1.807) is 49.4 Å². The number of para-hydroxylation sites is 2. The molecule has 0 saturated carbocycles. The van der Waals surface area contributed by atoms with E-state index in [-0.39, 0.29) is 21.9 Å². The van der Waals surface area contributed by atoms with E-state index >= 15 is 0 Å². The van der Waals surface area contributed by atoms with Crippen molar-refractivity contribution in [3.8, 4) is 11.5 Å². The first-order valence-electron chi connectivity index (χ1n) is 10.5. The quantitative estimate of drug-likeness (QED) is 0.449. The van der Waals surface area contributed by atoms with E-state index in [0.717, 1.165) is 4.31 Å². The van der Waals surface area contributed by atoms with Gasteiger partial charge in [0.1, 0.15) is 18.0 Å². The molecule has 0 aliphatic carbocycles. The Hall–Kier alpha value is -4.05. The van der Waals surface area contributed by atoms with E-state index in [1.807, 2.05) is 0 Å². The smallest absolute Gasteiger partial charge is 0.338 e. The molecular formula is C25H26N2O7S. The van der Waals surface area contributed by atoms with Crippen LogP contribution in [-0.4, -0.2) is 48.2 Å². The minimum Gasteiger partial charge on any atom is -0.497 e. The van der Waals surface area contributed by atoms with Crippen LogP contribution in [0.25, 0.3) is 0 Å². The highest BCUT2D eigenvalue weighted by atomic mass is 32.2. The van der Waals surface area contributed by atoms with Gasteiger partial charge >= 0.3 is 5.97 Å². The minimum atomic E-state index is -4.17. The van der Waals surface area contributed by atoms with Crippen molar-refractivity contribution in [2.24, 2.45) is 0 Å². The number of hydrogen-bond donors (Lipinski definition) is 1. The van der Waals surface area contributed by atoms with Crippen molar-refractivity contribution >= 4 is 33.3 Å². The van der Waals surface area contributed by atoms with Crippen molar-refractivity contribution in [1.82, 2.24) is 0 Å². The molecule has 3 aromatic rings. The molecular weight excluding hydrogens is 472 g/mol. The van der Waals surface area contributed by atoms with E-state index in [1.165, 1.54) is 45.6 Å². The van der Waals surface area contributed by atoms with Gasteiger partial charge in [0.2, 0.25) is 5.91 Å². The van der Waals surface area contributed by atoms with Crippen LogP contribution in [0.2, 0.25) is 0 Å². The number of nitrogens with zero attached hydrogens (tertiary/aromatic N) is 1. The van der Waals surface area contributed by atoms with Gasteiger partial charge in [0.25, 0.3) is 10.0 Å². The molecule has 1 N–H and O–H groups in total. The molecule has 0 heterocycles. The summed E-state index contributed by atoms with van der Waals surface area (Å²) >= 11 is 0. The number of amides is 1. The Labute approximate surface area is 204 Å². The van der Waals surface area contributed by atoms with Crippen molar-refractivity contribution in [1.29, 1.82) is 0 Å². The number of carbonyl (C=O) groups is 2. The van der Waals surface area contributed by atoms with Gasteiger partial charge in [-0.1, -0.05) is 18.2 Å². The third kappa shape index (κ3) is 5.55. The summed E-state index contributed by atoms with van der Waals surface area (Å²) in [5.41, 5.74) is 1.34. The molecule has 0 fully saturated rings. The Balaban J connectivity index is 1.99. The molecule has 0 unspecified atom stereocenters. The number of anilines is 2. The van der Waals surface area contributed by atoms with Gasteiger partial charge in [0, 0.05) is 5.69 Å². The second-order valence-electron chi connectivity index (χ2n) is 7.38. The van der Waals surface area contributed by atoms with E-state index in [2.05, 4.69) is 5.32 Å². The largest absolute Gasteiger partial charge is 0.497 e. The molecule has 3 aromatic carbocycles. The fourth-order valence-corrected chi connectivity index (χ4v) is 4.86.